The lowest BCUT2D eigenvalue weighted by Gasteiger charge is -2.37. The first-order valence-corrected chi connectivity index (χ1v) is 5.86. The van der Waals surface area contributed by atoms with Crippen molar-refractivity contribution in [1.82, 2.24) is 15.1 Å². The predicted molar refractivity (Wildman–Crippen MR) is 65.4 cm³/mol. The van der Waals surface area contributed by atoms with Gasteiger partial charge in [0.2, 0.25) is 11.8 Å². The maximum absolute atomic E-state index is 11.9. The van der Waals surface area contributed by atoms with Gasteiger partial charge in [0.25, 0.3) is 0 Å². The molecular formula is C11H22N4O2. The van der Waals surface area contributed by atoms with Crippen molar-refractivity contribution in [2.45, 2.75) is 19.4 Å². The molecule has 0 aromatic rings. The number of hydrogen-bond acceptors (Lipinski definition) is 4. The highest BCUT2D eigenvalue weighted by molar-refractivity contribution is 5.85. The number of piperazine rings is 1. The summed E-state index contributed by atoms with van der Waals surface area (Å²) >= 11 is 0. The van der Waals surface area contributed by atoms with Crippen LogP contribution in [0.4, 0.5) is 0 Å². The fraction of sp³-hybridized carbons (Fsp3) is 0.818. The molecule has 0 radical (unpaired) electrons. The van der Waals surface area contributed by atoms with Crippen LogP contribution in [-0.2, 0) is 9.59 Å². The van der Waals surface area contributed by atoms with Gasteiger partial charge < -0.3 is 16.0 Å². The first kappa shape index (κ1) is 13.9. The van der Waals surface area contributed by atoms with Gasteiger partial charge in [-0.3, -0.25) is 14.5 Å². The van der Waals surface area contributed by atoms with Gasteiger partial charge >= 0.3 is 0 Å². The van der Waals surface area contributed by atoms with Gasteiger partial charge in [-0.1, -0.05) is 0 Å². The molecule has 6 nitrogen and oxygen atoms in total. The van der Waals surface area contributed by atoms with Crippen molar-refractivity contribution < 1.29 is 9.59 Å². The standard InChI is InChI=1S/C11H22N4O2/c1-11(2,12)10(17)15-6-4-14(5-7-15)8-9(16)13-3/h4-8,12H2,1-3H3,(H,13,16). The summed E-state index contributed by atoms with van der Waals surface area (Å²) in [6, 6.07) is 0. The van der Waals surface area contributed by atoms with Crippen LogP contribution in [-0.4, -0.2) is 66.9 Å². The van der Waals surface area contributed by atoms with Gasteiger partial charge in [-0.25, -0.2) is 0 Å². The van der Waals surface area contributed by atoms with Crippen LogP contribution >= 0.6 is 0 Å². The van der Waals surface area contributed by atoms with E-state index in [4.69, 9.17) is 5.73 Å². The zero-order chi connectivity index (χ0) is 13.1. The average Bonchev–Trinajstić information content (AvgIpc) is 2.27. The predicted octanol–water partition coefficient (Wildman–Crippen LogP) is -1.39. The van der Waals surface area contributed by atoms with Crippen molar-refractivity contribution in [3.63, 3.8) is 0 Å². The number of hydrogen-bond donors (Lipinski definition) is 2. The Hall–Kier alpha value is -1.14. The maximum atomic E-state index is 11.9. The molecule has 1 rings (SSSR count). The normalized spacial score (nSPS) is 18.0. The van der Waals surface area contributed by atoms with E-state index >= 15 is 0 Å². The highest BCUT2D eigenvalue weighted by atomic mass is 16.2. The molecule has 0 saturated carbocycles. The minimum absolute atomic E-state index is 0.00364. The number of nitrogens with zero attached hydrogens (tertiary/aromatic N) is 2. The van der Waals surface area contributed by atoms with Crippen molar-refractivity contribution in [2.75, 3.05) is 39.8 Å². The molecule has 2 amide bonds. The molecule has 1 heterocycles. The molecule has 1 aliphatic rings. The summed E-state index contributed by atoms with van der Waals surface area (Å²) in [6.45, 7) is 6.53. The molecule has 98 valence electrons. The Balaban J connectivity index is 2.41. The minimum atomic E-state index is -0.817. The molecule has 1 aliphatic heterocycles. The first-order chi connectivity index (χ1) is 7.84. The Labute approximate surface area is 102 Å². The van der Waals surface area contributed by atoms with Crippen molar-refractivity contribution in [3.8, 4) is 0 Å². The maximum Gasteiger partial charge on any atom is 0.242 e. The number of carbonyl (C=O) groups is 2. The molecule has 1 fully saturated rings. The second-order valence-electron chi connectivity index (χ2n) is 4.96. The van der Waals surface area contributed by atoms with Crippen LogP contribution in [0.1, 0.15) is 13.8 Å². The largest absolute Gasteiger partial charge is 0.358 e. The molecule has 3 N–H and O–H groups in total. The second-order valence-corrected chi connectivity index (χ2v) is 4.96. The van der Waals surface area contributed by atoms with Gasteiger partial charge in [0.1, 0.15) is 0 Å². The van der Waals surface area contributed by atoms with Crippen LogP contribution in [0.25, 0.3) is 0 Å². The van der Waals surface area contributed by atoms with Crippen molar-refractivity contribution >= 4 is 11.8 Å². The van der Waals surface area contributed by atoms with E-state index in [0.717, 1.165) is 13.1 Å². The zero-order valence-electron chi connectivity index (χ0n) is 10.8. The molecule has 0 bridgehead atoms. The molecular weight excluding hydrogens is 220 g/mol. The molecule has 0 aromatic carbocycles. The van der Waals surface area contributed by atoms with Crippen LogP contribution in [0.2, 0.25) is 0 Å². The summed E-state index contributed by atoms with van der Waals surface area (Å²) in [6.07, 6.45) is 0. The average molecular weight is 242 g/mol. The SMILES string of the molecule is CNC(=O)CN1CCN(C(=O)C(C)(C)N)CC1. The fourth-order valence-electron chi connectivity index (χ4n) is 1.80. The molecule has 0 aliphatic carbocycles. The van der Waals surface area contributed by atoms with Gasteiger partial charge in [0.05, 0.1) is 12.1 Å². The summed E-state index contributed by atoms with van der Waals surface area (Å²) in [5, 5.41) is 2.59. The number of likely N-dealkylation sites (N-methyl/N-ethyl adjacent to an activating group) is 1. The lowest BCUT2D eigenvalue weighted by Crippen LogP contribution is -2.57. The second kappa shape index (κ2) is 5.46. The molecule has 0 atom stereocenters. The van der Waals surface area contributed by atoms with E-state index in [9.17, 15) is 9.59 Å². The van der Waals surface area contributed by atoms with E-state index in [1.54, 1.807) is 25.8 Å². The van der Waals surface area contributed by atoms with Crippen LogP contribution in [0.5, 0.6) is 0 Å². The van der Waals surface area contributed by atoms with Crippen LogP contribution in [0.15, 0.2) is 0 Å². The summed E-state index contributed by atoms with van der Waals surface area (Å²) in [5.41, 5.74) is 4.96. The topological polar surface area (TPSA) is 78.7 Å². The lowest BCUT2D eigenvalue weighted by atomic mass is 10.0. The molecule has 6 heteroatoms. The number of carbonyl (C=O) groups excluding carboxylic acids is 2. The molecule has 1 saturated heterocycles. The van der Waals surface area contributed by atoms with Crippen molar-refractivity contribution in [2.24, 2.45) is 5.73 Å². The Morgan fingerprint density at radius 2 is 1.76 bits per heavy atom. The van der Waals surface area contributed by atoms with E-state index < -0.39 is 5.54 Å². The van der Waals surface area contributed by atoms with Gasteiger partial charge in [-0.15, -0.1) is 0 Å². The number of rotatable bonds is 3. The van der Waals surface area contributed by atoms with E-state index in [-0.39, 0.29) is 11.8 Å². The van der Waals surface area contributed by atoms with E-state index in [2.05, 4.69) is 5.32 Å². The smallest absolute Gasteiger partial charge is 0.242 e. The molecule has 0 aromatic heterocycles. The highest BCUT2D eigenvalue weighted by Gasteiger charge is 2.30. The van der Waals surface area contributed by atoms with Gasteiger partial charge in [0, 0.05) is 33.2 Å². The Morgan fingerprint density at radius 1 is 1.24 bits per heavy atom. The quantitative estimate of drug-likeness (QED) is 0.639. The van der Waals surface area contributed by atoms with E-state index in [1.807, 2.05) is 4.90 Å². The lowest BCUT2D eigenvalue weighted by molar-refractivity contribution is -0.137. The number of nitrogens with one attached hydrogen (secondary N) is 1. The number of nitrogens with two attached hydrogens (primary N) is 1. The number of amides is 2. The summed E-state index contributed by atoms with van der Waals surface area (Å²) in [4.78, 5) is 26.9. The third kappa shape index (κ3) is 3.98. The summed E-state index contributed by atoms with van der Waals surface area (Å²) in [5.74, 6) is -0.0268. The fourth-order valence-corrected chi connectivity index (χ4v) is 1.80. The Bertz CT molecular complexity index is 290. The summed E-state index contributed by atoms with van der Waals surface area (Å²) < 4.78 is 0. The molecule has 0 unspecified atom stereocenters. The van der Waals surface area contributed by atoms with Crippen LogP contribution in [0.3, 0.4) is 0 Å². The first-order valence-electron chi connectivity index (χ1n) is 5.86. The zero-order valence-corrected chi connectivity index (χ0v) is 10.8. The minimum Gasteiger partial charge on any atom is -0.358 e. The summed E-state index contributed by atoms with van der Waals surface area (Å²) in [7, 11) is 1.62. The van der Waals surface area contributed by atoms with E-state index in [0.29, 0.717) is 19.6 Å². The Morgan fingerprint density at radius 3 is 2.18 bits per heavy atom. The molecule has 0 spiro atoms. The van der Waals surface area contributed by atoms with E-state index in [1.165, 1.54) is 0 Å². The van der Waals surface area contributed by atoms with Crippen LogP contribution < -0.4 is 11.1 Å². The monoisotopic (exact) mass is 242 g/mol. The highest BCUT2D eigenvalue weighted by Crippen LogP contribution is 2.08. The third-order valence-corrected chi connectivity index (χ3v) is 2.86. The van der Waals surface area contributed by atoms with Crippen molar-refractivity contribution in [1.29, 1.82) is 0 Å². The van der Waals surface area contributed by atoms with Gasteiger partial charge in [-0.2, -0.15) is 0 Å². The van der Waals surface area contributed by atoms with Gasteiger partial charge in [0.15, 0.2) is 0 Å². The third-order valence-electron chi connectivity index (χ3n) is 2.86. The Kier molecular flexibility index (Phi) is 4.47. The van der Waals surface area contributed by atoms with Crippen molar-refractivity contribution in [3.05, 3.63) is 0 Å². The van der Waals surface area contributed by atoms with Crippen LogP contribution in [0, 0.1) is 0 Å². The van der Waals surface area contributed by atoms with Gasteiger partial charge in [-0.05, 0) is 13.8 Å². The molecule has 17 heavy (non-hydrogen) atoms.